The molecule has 5 heterocycles. The highest BCUT2D eigenvalue weighted by atomic mass is 16.5. The molecule has 15 rings (SSSR count). The molecular weight excluding hydrogens is 929 g/mol. The van der Waals surface area contributed by atoms with Gasteiger partial charge in [0.2, 0.25) is 0 Å². The van der Waals surface area contributed by atoms with Crippen LogP contribution in [-0.4, -0.2) is 14.1 Å². The number of pyridine rings is 1. The van der Waals surface area contributed by atoms with E-state index in [9.17, 15) is 2.74 Å². The molecule has 0 aliphatic carbocycles. The molecule has 4 aromatic heterocycles. The molecule has 14 aromatic rings. The summed E-state index contributed by atoms with van der Waals surface area (Å²) in [5.41, 5.74) is 15.8. The number of benzene rings is 10. The molecule has 1 aliphatic heterocycles. The van der Waals surface area contributed by atoms with E-state index in [1.54, 1.807) is 0 Å². The SMILES string of the molecule is [2H]c1c([2H])c([2H])c(-c2cccc3c2-[n+]2[c-]n(-c4cccc(Oc5ccc6c7ccccc7n(-c7cc(C(C)(C)C)ccn7)c6c5)c4)c4cccc(c42)-c2ccccc2-c2ccc(-c4ccc5oc6ccccc6c5c4)cc2-3)c([2H])c1[2H]. The zero-order chi connectivity index (χ0) is 55.0. The molecule has 0 spiro atoms. The van der Waals surface area contributed by atoms with Crippen LogP contribution in [0.5, 0.6) is 11.5 Å². The first kappa shape index (κ1) is 38.8. The quantitative estimate of drug-likeness (QED) is 0.123. The number of fused-ring (bicyclic) bond motifs is 13. The van der Waals surface area contributed by atoms with Crippen molar-refractivity contribution in [3.05, 3.63) is 248 Å². The average Bonchev–Trinajstić information content (AvgIpc) is 2.85. The Hall–Kier alpha value is -9.78. The number of ether oxygens (including phenoxy) is 1. The summed E-state index contributed by atoms with van der Waals surface area (Å²) >= 11 is 0. The van der Waals surface area contributed by atoms with Gasteiger partial charge in [-0.2, -0.15) is 0 Å². The van der Waals surface area contributed by atoms with Gasteiger partial charge in [0.05, 0.1) is 40.3 Å². The molecule has 0 N–H and O–H groups in total. The molecule has 0 fully saturated rings. The predicted octanol–water partition coefficient (Wildman–Crippen LogP) is 17.8. The molecule has 0 unspecified atom stereocenters. The molecule has 6 nitrogen and oxygen atoms in total. The lowest BCUT2D eigenvalue weighted by molar-refractivity contribution is -0.570. The average molecular weight is 982 g/mol. The Labute approximate surface area is 446 Å². The van der Waals surface area contributed by atoms with Crippen molar-refractivity contribution in [1.82, 2.24) is 14.1 Å². The maximum atomic E-state index is 9.42. The van der Waals surface area contributed by atoms with Gasteiger partial charge in [0.25, 0.3) is 6.33 Å². The van der Waals surface area contributed by atoms with Gasteiger partial charge in [0, 0.05) is 33.8 Å². The molecule has 0 atom stereocenters. The lowest BCUT2D eigenvalue weighted by Gasteiger charge is -2.20. The standard InChI is InChI=1S/C70H48N4O2/c1-70(2,3)47-36-37-71-67(40-47)74-62-27-11-9-22-55(62)56-34-32-50(42-64(56)74)75-49-19-13-18-48(41-49)72-43-73-68-51(44-16-5-4-6-17-44)24-14-25-59(68)60-38-45(46-31-35-66-61(39-46)57-23-10-12-29-65(57)76-66)30-33-54(60)52-20-7-8-21-53(52)58-26-15-28-63(72)69(58)73/h4-42H,1-3H3/i4D,5D,6D,16D,17D. The van der Waals surface area contributed by atoms with Crippen LogP contribution >= 0.6 is 0 Å². The Bertz CT molecular complexity index is 4960. The van der Waals surface area contributed by atoms with Gasteiger partial charge in [-0.25, -0.2) is 4.98 Å². The number of hydrogen-bond donors (Lipinski definition) is 0. The van der Waals surface area contributed by atoms with Crippen molar-refractivity contribution in [3.63, 3.8) is 0 Å². The Morgan fingerprint density at radius 2 is 1.17 bits per heavy atom. The summed E-state index contributed by atoms with van der Waals surface area (Å²) in [6.45, 7) is 6.63. The molecule has 0 bridgehead atoms. The molecular formula is C70H48N4O2. The molecule has 0 saturated heterocycles. The van der Waals surface area contributed by atoms with Crippen LogP contribution in [0.15, 0.2) is 241 Å². The molecule has 0 amide bonds. The van der Waals surface area contributed by atoms with Crippen molar-refractivity contribution < 1.29 is 20.6 Å². The fraction of sp³-hybridized carbons (Fsp3) is 0.0571. The fourth-order valence-corrected chi connectivity index (χ4v) is 11.4. The Kier molecular flexibility index (Phi) is 8.62. The van der Waals surface area contributed by atoms with E-state index < -0.39 is 18.1 Å². The van der Waals surface area contributed by atoms with Gasteiger partial charge in [0.1, 0.15) is 28.5 Å². The second-order valence-corrected chi connectivity index (χ2v) is 20.5. The van der Waals surface area contributed by atoms with Gasteiger partial charge in [-0.1, -0.05) is 172 Å². The summed E-state index contributed by atoms with van der Waals surface area (Å²) in [5.74, 6) is 2.09. The van der Waals surface area contributed by atoms with E-state index in [1.807, 2.05) is 82.1 Å². The van der Waals surface area contributed by atoms with E-state index >= 15 is 0 Å². The van der Waals surface area contributed by atoms with Crippen molar-refractivity contribution in [2.75, 3.05) is 0 Å². The van der Waals surface area contributed by atoms with Gasteiger partial charge in [-0.15, -0.1) is 0 Å². The second kappa shape index (κ2) is 16.9. The molecule has 360 valence electrons. The summed E-state index contributed by atoms with van der Waals surface area (Å²) in [6.07, 6.45) is 5.69. The number of aromatic nitrogens is 4. The normalized spacial score (nSPS) is 13.1. The lowest BCUT2D eigenvalue weighted by Crippen LogP contribution is -2.32. The highest BCUT2D eigenvalue weighted by Gasteiger charge is 2.27. The van der Waals surface area contributed by atoms with E-state index in [4.69, 9.17) is 18.3 Å². The van der Waals surface area contributed by atoms with Gasteiger partial charge < -0.3 is 9.15 Å². The number of furan rings is 1. The van der Waals surface area contributed by atoms with E-state index in [-0.39, 0.29) is 23.1 Å². The van der Waals surface area contributed by atoms with Crippen molar-refractivity contribution in [3.8, 4) is 84.3 Å². The molecule has 6 heteroatoms. The van der Waals surface area contributed by atoms with Crippen LogP contribution < -0.4 is 9.30 Å². The van der Waals surface area contributed by atoms with Crippen LogP contribution in [0.25, 0.3) is 128 Å². The summed E-state index contributed by atoms with van der Waals surface area (Å²) in [4.78, 5) is 4.90. The Morgan fingerprint density at radius 3 is 2.05 bits per heavy atom. The third-order valence-electron chi connectivity index (χ3n) is 15.0. The number of hydrogen-bond acceptors (Lipinski definition) is 3. The van der Waals surface area contributed by atoms with Gasteiger partial charge >= 0.3 is 0 Å². The summed E-state index contributed by atoms with van der Waals surface area (Å²) in [5, 5.41) is 4.26. The molecule has 1 aliphatic rings. The summed E-state index contributed by atoms with van der Waals surface area (Å²) in [6, 6.07) is 66.4. The summed E-state index contributed by atoms with van der Waals surface area (Å²) in [7, 11) is 0. The minimum absolute atomic E-state index is 0.0707. The third kappa shape index (κ3) is 6.95. The molecule has 76 heavy (non-hydrogen) atoms. The van der Waals surface area contributed by atoms with Crippen molar-refractivity contribution in [2.45, 2.75) is 26.2 Å². The first-order valence-electron chi connectivity index (χ1n) is 28.0. The minimum atomic E-state index is -0.456. The monoisotopic (exact) mass is 981 g/mol. The van der Waals surface area contributed by atoms with Gasteiger partial charge in [0.15, 0.2) is 0 Å². The van der Waals surface area contributed by atoms with Crippen molar-refractivity contribution in [2.24, 2.45) is 0 Å². The number of para-hydroxylation sites is 4. The second-order valence-electron chi connectivity index (χ2n) is 20.5. The Balaban J connectivity index is 0.941. The van der Waals surface area contributed by atoms with Crippen molar-refractivity contribution >= 4 is 54.8 Å². The van der Waals surface area contributed by atoms with Gasteiger partial charge in [-0.3, -0.25) is 13.7 Å². The molecule has 0 radical (unpaired) electrons. The number of nitrogens with zero attached hydrogens (tertiary/aromatic N) is 4. The third-order valence-corrected chi connectivity index (χ3v) is 15.0. The molecule has 0 saturated carbocycles. The van der Waals surface area contributed by atoms with E-state index in [1.165, 1.54) is 5.56 Å². The highest BCUT2D eigenvalue weighted by Crippen LogP contribution is 2.47. The topological polar surface area (TPSA) is 49.0 Å². The van der Waals surface area contributed by atoms with Crippen LogP contribution in [0.2, 0.25) is 0 Å². The van der Waals surface area contributed by atoms with E-state index in [2.05, 4.69) is 165 Å². The Morgan fingerprint density at radius 1 is 0.500 bits per heavy atom. The van der Waals surface area contributed by atoms with Crippen LogP contribution in [0.4, 0.5) is 0 Å². The van der Waals surface area contributed by atoms with Gasteiger partial charge in [-0.05, 0) is 139 Å². The maximum Gasteiger partial charge on any atom is 0.269 e. The number of rotatable bonds is 6. The zero-order valence-corrected chi connectivity index (χ0v) is 41.7. The number of imidazole rings is 1. The van der Waals surface area contributed by atoms with E-state index in [0.29, 0.717) is 22.7 Å². The van der Waals surface area contributed by atoms with Crippen molar-refractivity contribution in [1.29, 1.82) is 0 Å². The first-order chi connectivity index (χ1) is 39.4. The predicted molar refractivity (Wildman–Crippen MR) is 309 cm³/mol. The zero-order valence-electron chi connectivity index (χ0n) is 46.7. The lowest BCUT2D eigenvalue weighted by atomic mass is 9.86. The van der Waals surface area contributed by atoms with Crippen LogP contribution in [0, 0.1) is 6.33 Å². The fourth-order valence-electron chi connectivity index (χ4n) is 11.4. The smallest absolute Gasteiger partial charge is 0.269 e. The van der Waals surface area contributed by atoms with Crippen LogP contribution in [0.1, 0.15) is 33.2 Å². The van der Waals surface area contributed by atoms with E-state index in [0.717, 1.165) is 111 Å². The maximum absolute atomic E-state index is 9.42. The first-order valence-corrected chi connectivity index (χ1v) is 25.5. The largest absolute Gasteiger partial charge is 0.458 e. The minimum Gasteiger partial charge on any atom is -0.458 e. The molecule has 10 aromatic carbocycles. The summed E-state index contributed by atoms with van der Waals surface area (Å²) < 4.78 is 64.6. The highest BCUT2D eigenvalue weighted by molar-refractivity contribution is 6.10. The van der Waals surface area contributed by atoms with Crippen LogP contribution in [-0.2, 0) is 5.41 Å². The van der Waals surface area contributed by atoms with Crippen LogP contribution in [0.3, 0.4) is 0 Å².